The first kappa shape index (κ1) is 8.50. The van der Waals surface area contributed by atoms with Crippen LogP contribution < -0.4 is 0 Å². The Balaban J connectivity index is 2.74. The first-order valence-electron chi connectivity index (χ1n) is 2.80. The van der Waals surface area contributed by atoms with Crippen LogP contribution in [0.3, 0.4) is 0 Å². The minimum absolute atomic E-state index is 0.914. The van der Waals surface area contributed by atoms with E-state index in [2.05, 4.69) is 55.5 Å². The number of hydrogen-bond acceptors (Lipinski definition) is 1. The van der Waals surface area contributed by atoms with Crippen molar-refractivity contribution in [3.63, 3.8) is 0 Å². The van der Waals surface area contributed by atoms with E-state index in [0.29, 0.717) is 0 Å². The highest BCUT2D eigenvalue weighted by molar-refractivity contribution is 9.10. The largest absolute Gasteiger partial charge is 0.143 e. The van der Waals surface area contributed by atoms with E-state index < -0.39 is 0 Å². The maximum absolute atomic E-state index is 3.44. The maximum Gasteiger partial charge on any atom is 0.0409 e. The fraction of sp³-hybridized carbons (Fsp3) is 0.143. The van der Waals surface area contributed by atoms with E-state index in [1.54, 1.807) is 11.3 Å². The molecule has 0 fully saturated rings. The molecular formula is C7H6Br2S. The molecule has 0 bridgehead atoms. The summed E-state index contributed by atoms with van der Waals surface area (Å²) in [5.41, 5.74) is 0. The number of alkyl halides is 1. The van der Waals surface area contributed by atoms with E-state index in [4.69, 9.17) is 0 Å². The zero-order valence-electron chi connectivity index (χ0n) is 5.18. The molecule has 0 N–H and O–H groups in total. The van der Waals surface area contributed by atoms with Crippen molar-refractivity contribution in [1.82, 2.24) is 0 Å². The van der Waals surface area contributed by atoms with Crippen LogP contribution >= 0.6 is 43.2 Å². The number of thiophene rings is 1. The third-order valence-electron chi connectivity index (χ3n) is 1.00. The summed E-state index contributed by atoms with van der Waals surface area (Å²) in [4.78, 5) is 1.28. The summed E-state index contributed by atoms with van der Waals surface area (Å²) in [7, 11) is 0. The molecule has 10 heavy (non-hydrogen) atoms. The summed E-state index contributed by atoms with van der Waals surface area (Å²) >= 11 is 8.50. The first-order valence-corrected chi connectivity index (χ1v) is 5.59. The summed E-state index contributed by atoms with van der Waals surface area (Å²) < 4.78 is 1.18. The molecule has 1 aromatic heterocycles. The second-order valence-corrected chi connectivity index (χ2v) is 4.14. The van der Waals surface area contributed by atoms with Gasteiger partial charge in [-0.25, -0.2) is 0 Å². The second kappa shape index (κ2) is 4.31. The van der Waals surface area contributed by atoms with E-state index in [1.807, 2.05) is 0 Å². The van der Waals surface area contributed by atoms with Crippen LogP contribution in [0.4, 0.5) is 0 Å². The van der Waals surface area contributed by atoms with Crippen LogP contribution in [-0.2, 0) is 0 Å². The fourth-order valence-corrected chi connectivity index (χ4v) is 2.19. The molecule has 0 radical (unpaired) electrons. The third-order valence-corrected chi connectivity index (χ3v) is 3.21. The number of hydrogen-bond donors (Lipinski definition) is 0. The van der Waals surface area contributed by atoms with Crippen molar-refractivity contribution in [2.45, 2.75) is 0 Å². The van der Waals surface area contributed by atoms with Gasteiger partial charge in [-0.05, 0) is 33.5 Å². The lowest BCUT2D eigenvalue weighted by Crippen LogP contribution is -1.62. The first-order chi connectivity index (χ1) is 4.84. The van der Waals surface area contributed by atoms with Crippen LogP contribution in [0.5, 0.6) is 0 Å². The van der Waals surface area contributed by atoms with Gasteiger partial charge in [0, 0.05) is 14.7 Å². The topological polar surface area (TPSA) is 0 Å². The van der Waals surface area contributed by atoms with Crippen molar-refractivity contribution in [1.29, 1.82) is 0 Å². The van der Waals surface area contributed by atoms with E-state index in [0.717, 1.165) is 5.33 Å². The molecule has 0 unspecified atom stereocenters. The molecule has 0 aliphatic rings. The van der Waals surface area contributed by atoms with Crippen molar-refractivity contribution >= 4 is 49.3 Å². The monoisotopic (exact) mass is 280 g/mol. The SMILES string of the molecule is BrCC=Cc1sccc1Br. The van der Waals surface area contributed by atoms with Gasteiger partial charge in [0.1, 0.15) is 0 Å². The molecule has 0 atom stereocenters. The maximum atomic E-state index is 3.44. The van der Waals surface area contributed by atoms with Crippen molar-refractivity contribution in [2.75, 3.05) is 5.33 Å². The Hall–Kier alpha value is 0.400. The van der Waals surface area contributed by atoms with Gasteiger partial charge in [-0.2, -0.15) is 0 Å². The van der Waals surface area contributed by atoms with Gasteiger partial charge in [-0.3, -0.25) is 0 Å². The normalized spacial score (nSPS) is 11.0. The Morgan fingerprint density at radius 1 is 1.60 bits per heavy atom. The molecule has 0 aliphatic carbocycles. The minimum Gasteiger partial charge on any atom is -0.143 e. The quantitative estimate of drug-likeness (QED) is 0.721. The molecule has 54 valence electrons. The lowest BCUT2D eigenvalue weighted by molar-refractivity contribution is 1.79. The molecule has 0 nitrogen and oxygen atoms in total. The molecule has 0 aliphatic heterocycles. The second-order valence-electron chi connectivity index (χ2n) is 1.69. The summed E-state index contributed by atoms with van der Waals surface area (Å²) in [6.07, 6.45) is 4.18. The van der Waals surface area contributed by atoms with E-state index in [1.165, 1.54) is 9.35 Å². The van der Waals surface area contributed by atoms with E-state index in [9.17, 15) is 0 Å². The van der Waals surface area contributed by atoms with Crippen LogP contribution in [0, 0.1) is 0 Å². The van der Waals surface area contributed by atoms with Crippen LogP contribution in [0.25, 0.3) is 6.08 Å². The highest BCUT2D eigenvalue weighted by Crippen LogP contribution is 2.23. The van der Waals surface area contributed by atoms with E-state index in [-0.39, 0.29) is 0 Å². The zero-order chi connectivity index (χ0) is 7.40. The van der Waals surface area contributed by atoms with Gasteiger partial charge in [-0.1, -0.05) is 22.0 Å². The number of allylic oxidation sites excluding steroid dienone is 1. The van der Waals surface area contributed by atoms with Crippen LogP contribution in [-0.4, -0.2) is 5.33 Å². The fourth-order valence-electron chi connectivity index (χ4n) is 0.576. The predicted molar refractivity (Wildman–Crippen MR) is 54.8 cm³/mol. The Morgan fingerprint density at radius 2 is 2.40 bits per heavy atom. The average molecular weight is 282 g/mol. The zero-order valence-corrected chi connectivity index (χ0v) is 9.17. The van der Waals surface area contributed by atoms with Gasteiger partial charge in [-0.15, -0.1) is 11.3 Å². The molecule has 1 aromatic rings. The summed E-state index contributed by atoms with van der Waals surface area (Å²) in [5, 5.41) is 2.98. The lowest BCUT2D eigenvalue weighted by Gasteiger charge is -1.84. The predicted octanol–water partition coefficient (Wildman–Crippen LogP) is 3.92. The van der Waals surface area contributed by atoms with Crippen LogP contribution in [0.2, 0.25) is 0 Å². The highest BCUT2D eigenvalue weighted by Gasteiger charge is 1.93. The van der Waals surface area contributed by atoms with Crippen molar-refractivity contribution in [3.05, 3.63) is 26.9 Å². The van der Waals surface area contributed by atoms with Gasteiger partial charge in [0.25, 0.3) is 0 Å². The molecule has 0 saturated carbocycles. The molecule has 0 spiro atoms. The Bertz CT molecular complexity index is 227. The van der Waals surface area contributed by atoms with Crippen LogP contribution in [0.15, 0.2) is 22.0 Å². The molecule has 3 heteroatoms. The van der Waals surface area contributed by atoms with Gasteiger partial charge in [0.05, 0.1) is 0 Å². The van der Waals surface area contributed by atoms with Crippen molar-refractivity contribution in [3.8, 4) is 0 Å². The standard InChI is InChI=1S/C7H6Br2S/c8-4-1-2-7-6(9)3-5-10-7/h1-3,5H,4H2. The summed E-state index contributed by atoms with van der Waals surface area (Å²) in [5.74, 6) is 0. The van der Waals surface area contributed by atoms with Crippen LogP contribution in [0.1, 0.15) is 4.88 Å². The smallest absolute Gasteiger partial charge is 0.0409 e. The number of rotatable bonds is 2. The van der Waals surface area contributed by atoms with Crippen molar-refractivity contribution in [2.24, 2.45) is 0 Å². The van der Waals surface area contributed by atoms with Gasteiger partial charge >= 0.3 is 0 Å². The Morgan fingerprint density at radius 3 is 2.90 bits per heavy atom. The molecule has 0 aromatic carbocycles. The third kappa shape index (κ3) is 2.22. The van der Waals surface area contributed by atoms with Gasteiger partial charge in [0.2, 0.25) is 0 Å². The molecule has 1 heterocycles. The summed E-state index contributed by atoms with van der Waals surface area (Å²) in [6.45, 7) is 0. The highest BCUT2D eigenvalue weighted by atomic mass is 79.9. The Labute approximate surface area is 81.2 Å². The average Bonchev–Trinajstić information content (AvgIpc) is 2.31. The van der Waals surface area contributed by atoms with Gasteiger partial charge in [0.15, 0.2) is 0 Å². The lowest BCUT2D eigenvalue weighted by atomic mass is 10.4. The van der Waals surface area contributed by atoms with Crippen molar-refractivity contribution < 1.29 is 0 Å². The molecule has 1 rings (SSSR count). The van der Waals surface area contributed by atoms with E-state index >= 15 is 0 Å². The number of halogens is 2. The summed E-state index contributed by atoms with van der Waals surface area (Å²) in [6, 6.07) is 2.05. The minimum atomic E-state index is 0.914. The molecule has 0 saturated heterocycles. The Kier molecular flexibility index (Phi) is 3.66. The molecular weight excluding hydrogens is 276 g/mol. The molecule has 0 amide bonds. The van der Waals surface area contributed by atoms with Gasteiger partial charge < -0.3 is 0 Å².